The number of esters is 1. The average Bonchev–Trinajstić information content (AvgIpc) is 2.68. The Morgan fingerprint density at radius 2 is 1.72 bits per heavy atom. The molecule has 0 aliphatic carbocycles. The number of halogens is 4. The Kier molecular flexibility index (Phi) is 6.03. The van der Waals surface area contributed by atoms with Gasteiger partial charge < -0.3 is 4.74 Å². The third-order valence-electron chi connectivity index (χ3n) is 4.67. The van der Waals surface area contributed by atoms with Crippen molar-refractivity contribution in [1.29, 1.82) is 0 Å². The predicted molar refractivity (Wildman–Crippen MR) is 113 cm³/mol. The second-order valence-corrected chi connectivity index (χ2v) is 7.57. The summed E-state index contributed by atoms with van der Waals surface area (Å²) in [5.41, 5.74) is 0.920. The van der Waals surface area contributed by atoms with E-state index in [9.17, 15) is 14.0 Å². The SMILES string of the molecule is COC(=O)c1c(-c2ccc(Cl)c(Cl)c2)c(C)c(C)n(-c2ccc(Cl)cc2F)c1=O. The van der Waals surface area contributed by atoms with E-state index < -0.39 is 17.3 Å². The number of rotatable bonds is 3. The van der Waals surface area contributed by atoms with Crippen molar-refractivity contribution in [3.63, 3.8) is 0 Å². The van der Waals surface area contributed by atoms with Crippen molar-refractivity contribution in [2.45, 2.75) is 13.8 Å². The van der Waals surface area contributed by atoms with E-state index in [0.717, 1.165) is 10.6 Å². The normalized spacial score (nSPS) is 10.9. The molecule has 0 spiro atoms. The lowest BCUT2D eigenvalue weighted by Gasteiger charge is -2.20. The number of pyridine rings is 1. The Labute approximate surface area is 181 Å². The summed E-state index contributed by atoms with van der Waals surface area (Å²) in [6, 6.07) is 8.72. The molecule has 0 saturated heterocycles. The van der Waals surface area contributed by atoms with Gasteiger partial charge in [-0.2, -0.15) is 0 Å². The lowest BCUT2D eigenvalue weighted by Crippen LogP contribution is -2.30. The van der Waals surface area contributed by atoms with Crippen LogP contribution in [0.5, 0.6) is 0 Å². The van der Waals surface area contributed by atoms with Crippen LogP contribution < -0.4 is 5.56 Å². The van der Waals surface area contributed by atoms with E-state index in [1.54, 1.807) is 32.0 Å². The number of hydrogen-bond donors (Lipinski definition) is 0. The van der Waals surface area contributed by atoms with Crippen LogP contribution in [0.2, 0.25) is 15.1 Å². The molecule has 0 aliphatic rings. The first kappa shape index (κ1) is 21.4. The zero-order chi connectivity index (χ0) is 21.5. The fraction of sp³-hybridized carbons (Fsp3) is 0.143. The predicted octanol–water partition coefficient (Wildman–Crippen LogP) is 6.01. The highest BCUT2D eigenvalue weighted by molar-refractivity contribution is 6.42. The number of ether oxygens (including phenoxy) is 1. The molecule has 3 rings (SSSR count). The average molecular weight is 455 g/mol. The van der Waals surface area contributed by atoms with Crippen LogP contribution >= 0.6 is 34.8 Å². The van der Waals surface area contributed by atoms with Crippen LogP contribution in [-0.4, -0.2) is 17.6 Å². The number of benzene rings is 2. The minimum Gasteiger partial charge on any atom is -0.465 e. The fourth-order valence-corrected chi connectivity index (χ4v) is 3.62. The van der Waals surface area contributed by atoms with Crippen molar-refractivity contribution in [1.82, 2.24) is 4.57 Å². The van der Waals surface area contributed by atoms with Gasteiger partial charge in [-0.3, -0.25) is 9.36 Å². The van der Waals surface area contributed by atoms with Gasteiger partial charge in [-0.15, -0.1) is 0 Å². The summed E-state index contributed by atoms with van der Waals surface area (Å²) in [6.07, 6.45) is 0. The zero-order valence-electron chi connectivity index (χ0n) is 15.6. The van der Waals surface area contributed by atoms with E-state index in [2.05, 4.69) is 0 Å². The summed E-state index contributed by atoms with van der Waals surface area (Å²) in [7, 11) is 1.17. The molecule has 0 N–H and O–H groups in total. The molecule has 0 atom stereocenters. The van der Waals surface area contributed by atoms with Crippen molar-refractivity contribution < 1.29 is 13.9 Å². The molecule has 0 amide bonds. The second-order valence-electron chi connectivity index (χ2n) is 6.32. The summed E-state index contributed by atoms with van der Waals surface area (Å²) < 4.78 is 20.5. The number of carbonyl (C=O) groups is 1. The Hall–Kier alpha value is -2.34. The van der Waals surface area contributed by atoms with Crippen LogP contribution in [0, 0.1) is 19.7 Å². The molecule has 0 radical (unpaired) electrons. The first-order valence-corrected chi connectivity index (χ1v) is 9.56. The number of nitrogens with zero attached hydrogens (tertiary/aromatic N) is 1. The molecule has 4 nitrogen and oxygen atoms in total. The molecular weight excluding hydrogens is 440 g/mol. The van der Waals surface area contributed by atoms with E-state index >= 15 is 0 Å². The Morgan fingerprint density at radius 1 is 1.03 bits per heavy atom. The van der Waals surface area contributed by atoms with Gasteiger partial charge >= 0.3 is 5.97 Å². The van der Waals surface area contributed by atoms with Gasteiger partial charge in [0, 0.05) is 16.3 Å². The van der Waals surface area contributed by atoms with Crippen molar-refractivity contribution in [2.75, 3.05) is 7.11 Å². The van der Waals surface area contributed by atoms with Crippen molar-refractivity contribution >= 4 is 40.8 Å². The quantitative estimate of drug-likeness (QED) is 0.456. The van der Waals surface area contributed by atoms with Gasteiger partial charge in [-0.25, -0.2) is 9.18 Å². The number of hydrogen-bond acceptors (Lipinski definition) is 3. The highest BCUT2D eigenvalue weighted by Crippen LogP contribution is 2.34. The largest absolute Gasteiger partial charge is 0.465 e. The maximum atomic E-state index is 14.6. The molecule has 3 aromatic rings. The summed E-state index contributed by atoms with van der Waals surface area (Å²) in [5, 5.41) is 0.792. The van der Waals surface area contributed by atoms with Gasteiger partial charge in [0.2, 0.25) is 0 Å². The molecule has 0 unspecified atom stereocenters. The van der Waals surface area contributed by atoms with Gasteiger partial charge in [0.15, 0.2) is 0 Å². The minimum atomic E-state index is -0.845. The van der Waals surface area contributed by atoms with Crippen LogP contribution in [0.4, 0.5) is 4.39 Å². The monoisotopic (exact) mass is 453 g/mol. The third-order valence-corrected chi connectivity index (χ3v) is 5.64. The highest BCUT2D eigenvalue weighted by atomic mass is 35.5. The Bertz CT molecular complexity index is 1200. The molecule has 1 aromatic heterocycles. The van der Waals surface area contributed by atoms with E-state index in [1.165, 1.54) is 19.2 Å². The lowest BCUT2D eigenvalue weighted by molar-refractivity contribution is 0.0599. The molecule has 0 aliphatic heterocycles. The maximum absolute atomic E-state index is 14.6. The van der Waals surface area contributed by atoms with Crippen LogP contribution in [0.3, 0.4) is 0 Å². The van der Waals surface area contributed by atoms with Gasteiger partial charge in [0.05, 0.1) is 22.8 Å². The summed E-state index contributed by atoms with van der Waals surface area (Å²) in [5.74, 6) is -1.54. The molecular formula is C21H15Cl3FNO3. The highest BCUT2D eigenvalue weighted by Gasteiger charge is 2.26. The molecule has 0 bridgehead atoms. The standard InChI is InChI=1S/C21H15Cl3FNO3/c1-10-11(2)26(17-7-5-13(22)9-16(17)25)20(27)19(21(28)29-3)18(10)12-4-6-14(23)15(24)8-12/h4-9H,1-3H3. The maximum Gasteiger partial charge on any atom is 0.344 e. The molecule has 0 saturated carbocycles. The Morgan fingerprint density at radius 3 is 2.31 bits per heavy atom. The fourth-order valence-electron chi connectivity index (χ4n) is 3.16. The van der Waals surface area contributed by atoms with E-state index in [1.807, 2.05) is 0 Å². The summed E-state index contributed by atoms with van der Waals surface area (Å²) >= 11 is 18.0. The van der Waals surface area contributed by atoms with Crippen LogP contribution in [0.25, 0.3) is 16.8 Å². The molecule has 8 heteroatoms. The van der Waals surface area contributed by atoms with Gasteiger partial charge in [0.25, 0.3) is 5.56 Å². The topological polar surface area (TPSA) is 48.3 Å². The molecule has 29 heavy (non-hydrogen) atoms. The number of methoxy groups -OCH3 is 1. The first-order valence-electron chi connectivity index (χ1n) is 8.42. The number of aromatic nitrogens is 1. The van der Waals surface area contributed by atoms with Crippen LogP contribution in [-0.2, 0) is 4.74 Å². The van der Waals surface area contributed by atoms with Gasteiger partial charge in [-0.05, 0) is 55.3 Å². The van der Waals surface area contributed by atoms with E-state index in [4.69, 9.17) is 39.5 Å². The molecule has 1 heterocycles. The van der Waals surface area contributed by atoms with E-state index in [0.29, 0.717) is 27.4 Å². The summed E-state index contributed by atoms with van der Waals surface area (Å²) in [4.78, 5) is 25.9. The lowest BCUT2D eigenvalue weighted by atomic mass is 9.94. The second kappa shape index (κ2) is 8.19. The molecule has 2 aromatic carbocycles. The first-order chi connectivity index (χ1) is 13.7. The van der Waals surface area contributed by atoms with Crippen LogP contribution in [0.15, 0.2) is 41.2 Å². The van der Waals surface area contributed by atoms with Gasteiger partial charge in [0.1, 0.15) is 11.4 Å². The number of carbonyl (C=O) groups excluding carboxylic acids is 1. The van der Waals surface area contributed by atoms with Gasteiger partial charge in [-0.1, -0.05) is 40.9 Å². The molecule has 150 valence electrons. The zero-order valence-corrected chi connectivity index (χ0v) is 17.9. The van der Waals surface area contributed by atoms with Crippen molar-refractivity contribution in [3.8, 4) is 16.8 Å². The minimum absolute atomic E-state index is 0.0224. The van der Waals surface area contributed by atoms with Crippen molar-refractivity contribution in [3.05, 3.63) is 84.5 Å². The Balaban J connectivity index is 2.45. The van der Waals surface area contributed by atoms with Crippen molar-refractivity contribution in [2.24, 2.45) is 0 Å². The summed E-state index contributed by atoms with van der Waals surface area (Å²) in [6.45, 7) is 3.39. The smallest absolute Gasteiger partial charge is 0.344 e. The van der Waals surface area contributed by atoms with Crippen LogP contribution in [0.1, 0.15) is 21.6 Å². The third kappa shape index (κ3) is 3.78. The van der Waals surface area contributed by atoms with E-state index in [-0.39, 0.29) is 21.3 Å². The molecule has 0 fully saturated rings.